The molecule has 3 nitrogen and oxygen atoms in total. The summed E-state index contributed by atoms with van der Waals surface area (Å²) in [5, 5.41) is 11.1. The number of aromatic hydroxyl groups is 1. The quantitative estimate of drug-likeness (QED) is 0.902. The third-order valence-corrected chi connectivity index (χ3v) is 3.66. The fourth-order valence-electron chi connectivity index (χ4n) is 1.66. The Labute approximate surface area is 109 Å². The number of aryl methyl sites for hydroxylation is 2. The fraction of sp³-hybridized carbons (Fsp3) is 0.250. The highest BCUT2D eigenvalue weighted by atomic mass is 35.5. The number of thiazole rings is 1. The summed E-state index contributed by atoms with van der Waals surface area (Å²) in [6.07, 6.45) is 0. The normalized spacial score (nSPS) is 10.6. The molecule has 1 N–H and O–H groups in total. The highest BCUT2D eigenvalue weighted by molar-refractivity contribution is 7.16. The van der Waals surface area contributed by atoms with Gasteiger partial charge in [0, 0.05) is 5.02 Å². The van der Waals surface area contributed by atoms with Crippen molar-refractivity contribution >= 4 is 22.9 Å². The molecule has 0 saturated heterocycles. The van der Waals surface area contributed by atoms with Gasteiger partial charge in [-0.25, -0.2) is 4.98 Å². The van der Waals surface area contributed by atoms with Gasteiger partial charge in [0.05, 0.1) is 18.4 Å². The topological polar surface area (TPSA) is 42.4 Å². The standard InChI is InChI=1S/C12H12ClNO2S/c1-6-4-8(13)5-9(10(6)16-3)11-14-7(2)12(15)17-11/h4-5,15H,1-3H3. The number of aromatic nitrogens is 1. The number of halogens is 1. The lowest BCUT2D eigenvalue weighted by atomic mass is 10.1. The van der Waals surface area contributed by atoms with Crippen LogP contribution in [0.2, 0.25) is 5.02 Å². The second-order valence-electron chi connectivity index (χ2n) is 3.71. The lowest BCUT2D eigenvalue weighted by Gasteiger charge is -2.09. The molecule has 0 radical (unpaired) electrons. The van der Waals surface area contributed by atoms with Crippen LogP contribution < -0.4 is 4.74 Å². The van der Waals surface area contributed by atoms with E-state index in [9.17, 15) is 5.11 Å². The second kappa shape index (κ2) is 4.55. The number of hydrogen-bond donors (Lipinski definition) is 1. The molecule has 0 fully saturated rings. The lowest BCUT2D eigenvalue weighted by Crippen LogP contribution is -1.91. The molecular weight excluding hydrogens is 258 g/mol. The molecule has 1 aromatic carbocycles. The molecule has 0 unspecified atom stereocenters. The van der Waals surface area contributed by atoms with Gasteiger partial charge in [0.25, 0.3) is 0 Å². The smallest absolute Gasteiger partial charge is 0.195 e. The highest BCUT2D eigenvalue weighted by Gasteiger charge is 2.15. The van der Waals surface area contributed by atoms with E-state index in [1.165, 1.54) is 11.3 Å². The molecule has 0 amide bonds. The largest absolute Gasteiger partial charge is 0.498 e. The zero-order valence-electron chi connectivity index (χ0n) is 9.74. The molecule has 5 heteroatoms. The minimum absolute atomic E-state index is 0.222. The van der Waals surface area contributed by atoms with Crippen molar-refractivity contribution < 1.29 is 9.84 Å². The van der Waals surface area contributed by atoms with Crippen LogP contribution in [0.15, 0.2) is 12.1 Å². The first-order valence-corrected chi connectivity index (χ1v) is 6.23. The van der Waals surface area contributed by atoms with E-state index in [-0.39, 0.29) is 5.06 Å². The van der Waals surface area contributed by atoms with E-state index in [0.29, 0.717) is 15.7 Å². The van der Waals surface area contributed by atoms with Crippen LogP contribution in [-0.4, -0.2) is 17.2 Å². The Morgan fingerprint density at radius 3 is 2.59 bits per heavy atom. The second-order valence-corrected chi connectivity index (χ2v) is 5.13. The van der Waals surface area contributed by atoms with Gasteiger partial charge in [0.2, 0.25) is 0 Å². The number of methoxy groups -OCH3 is 1. The van der Waals surface area contributed by atoms with E-state index >= 15 is 0 Å². The van der Waals surface area contributed by atoms with Gasteiger partial charge in [-0.2, -0.15) is 0 Å². The predicted molar refractivity (Wildman–Crippen MR) is 70.3 cm³/mol. The van der Waals surface area contributed by atoms with E-state index in [1.807, 2.05) is 13.0 Å². The molecule has 0 bridgehead atoms. The lowest BCUT2D eigenvalue weighted by molar-refractivity contribution is 0.413. The van der Waals surface area contributed by atoms with Crippen molar-refractivity contribution in [2.45, 2.75) is 13.8 Å². The summed E-state index contributed by atoms with van der Waals surface area (Å²) >= 11 is 7.25. The van der Waals surface area contributed by atoms with Crippen LogP contribution in [0.25, 0.3) is 10.6 Å². The number of ether oxygens (including phenoxy) is 1. The summed E-state index contributed by atoms with van der Waals surface area (Å²) in [6.45, 7) is 3.69. The number of hydrogen-bond acceptors (Lipinski definition) is 4. The molecule has 1 aromatic heterocycles. The maximum Gasteiger partial charge on any atom is 0.195 e. The van der Waals surface area contributed by atoms with E-state index in [1.54, 1.807) is 20.1 Å². The first kappa shape index (κ1) is 12.2. The Morgan fingerprint density at radius 1 is 1.35 bits per heavy atom. The molecule has 0 saturated carbocycles. The molecule has 1 heterocycles. The van der Waals surface area contributed by atoms with Gasteiger partial charge in [-0.15, -0.1) is 0 Å². The van der Waals surface area contributed by atoms with Crippen molar-refractivity contribution in [2.24, 2.45) is 0 Å². The maximum absolute atomic E-state index is 9.59. The zero-order valence-corrected chi connectivity index (χ0v) is 11.3. The molecule has 0 aliphatic carbocycles. The van der Waals surface area contributed by atoms with E-state index < -0.39 is 0 Å². The summed E-state index contributed by atoms with van der Waals surface area (Å²) < 4.78 is 5.36. The molecule has 2 aromatic rings. The van der Waals surface area contributed by atoms with Gasteiger partial charge in [0.15, 0.2) is 5.06 Å². The Balaban J connectivity index is 2.65. The van der Waals surface area contributed by atoms with Crippen LogP contribution >= 0.6 is 22.9 Å². The monoisotopic (exact) mass is 269 g/mol. The number of benzene rings is 1. The van der Waals surface area contributed by atoms with Gasteiger partial charge < -0.3 is 9.84 Å². The first-order chi connectivity index (χ1) is 8.02. The minimum Gasteiger partial charge on any atom is -0.498 e. The van der Waals surface area contributed by atoms with Crippen molar-refractivity contribution in [3.05, 3.63) is 28.4 Å². The Bertz CT molecular complexity index is 546. The van der Waals surface area contributed by atoms with Crippen molar-refractivity contribution in [1.82, 2.24) is 4.98 Å². The van der Waals surface area contributed by atoms with Crippen molar-refractivity contribution in [3.8, 4) is 21.4 Å². The van der Waals surface area contributed by atoms with Gasteiger partial charge in [-0.05, 0) is 31.5 Å². The number of rotatable bonds is 2. The zero-order chi connectivity index (χ0) is 12.6. The highest BCUT2D eigenvalue weighted by Crippen LogP contribution is 2.40. The third kappa shape index (κ3) is 2.23. The molecule has 17 heavy (non-hydrogen) atoms. The van der Waals surface area contributed by atoms with Gasteiger partial charge in [-0.3, -0.25) is 0 Å². The van der Waals surface area contributed by atoms with Crippen LogP contribution in [0, 0.1) is 13.8 Å². The minimum atomic E-state index is 0.222. The summed E-state index contributed by atoms with van der Waals surface area (Å²) in [4.78, 5) is 4.30. The Kier molecular flexibility index (Phi) is 3.26. The summed E-state index contributed by atoms with van der Waals surface area (Å²) in [6, 6.07) is 3.63. The van der Waals surface area contributed by atoms with Crippen LogP contribution in [0.1, 0.15) is 11.3 Å². The maximum atomic E-state index is 9.59. The molecule has 90 valence electrons. The first-order valence-electron chi connectivity index (χ1n) is 5.04. The third-order valence-electron chi connectivity index (χ3n) is 2.45. The van der Waals surface area contributed by atoms with Crippen molar-refractivity contribution in [2.75, 3.05) is 7.11 Å². The molecule has 2 rings (SSSR count). The SMILES string of the molecule is COc1c(C)cc(Cl)cc1-c1nc(C)c(O)s1. The molecule has 0 aliphatic heterocycles. The number of nitrogens with zero attached hydrogens (tertiary/aromatic N) is 1. The van der Waals surface area contributed by atoms with Crippen LogP contribution in [-0.2, 0) is 0 Å². The van der Waals surface area contributed by atoms with E-state index in [0.717, 1.165) is 16.9 Å². The summed E-state index contributed by atoms with van der Waals surface area (Å²) in [5.74, 6) is 0.739. The fourth-order valence-corrected chi connectivity index (χ4v) is 2.76. The molecule has 0 spiro atoms. The average molecular weight is 270 g/mol. The van der Waals surface area contributed by atoms with Gasteiger partial charge in [-0.1, -0.05) is 22.9 Å². The molecule has 0 atom stereocenters. The molecular formula is C12H12ClNO2S. The summed E-state index contributed by atoms with van der Waals surface area (Å²) in [7, 11) is 1.61. The Hall–Kier alpha value is -1.26. The van der Waals surface area contributed by atoms with Crippen LogP contribution in [0.4, 0.5) is 0 Å². The van der Waals surface area contributed by atoms with Crippen molar-refractivity contribution in [3.63, 3.8) is 0 Å². The van der Waals surface area contributed by atoms with Crippen LogP contribution in [0.3, 0.4) is 0 Å². The Morgan fingerprint density at radius 2 is 2.06 bits per heavy atom. The summed E-state index contributed by atoms with van der Waals surface area (Å²) in [5.41, 5.74) is 2.37. The predicted octanol–water partition coefficient (Wildman–Crippen LogP) is 3.79. The van der Waals surface area contributed by atoms with Crippen LogP contribution in [0.5, 0.6) is 10.8 Å². The molecule has 0 aliphatic rings. The van der Waals surface area contributed by atoms with Gasteiger partial charge in [0.1, 0.15) is 10.8 Å². The van der Waals surface area contributed by atoms with Gasteiger partial charge >= 0.3 is 0 Å². The van der Waals surface area contributed by atoms with E-state index in [4.69, 9.17) is 16.3 Å². The average Bonchev–Trinajstić information content (AvgIpc) is 2.58. The van der Waals surface area contributed by atoms with E-state index in [2.05, 4.69) is 4.98 Å². The van der Waals surface area contributed by atoms with Crippen molar-refractivity contribution in [1.29, 1.82) is 0 Å².